The van der Waals surface area contributed by atoms with E-state index in [0.717, 1.165) is 16.9 Å². The lowest BCUT2D eigenvalue weighted by Crippen LogP contribution is -2.08. The lowest BCUT2D eigenvalue weighted by molar-refractivity contribution is -0.380. The second-order valence-corrected chi connectivity index (χ2v) is 5.75. The second-order valence-electron chi connectivity index (χ2n) is 4.21. The number of thiophene rings is 1. The van der Waals surface area contributed by atoms with E-state index in [1.807, 2.05) is 6.92 Å². The van der Waals surface area contributed by atoms with Crippen LogP contribution in [0.15, 0.2) is 36.4 Å². The molecule has 0 saturated carbocycles. The molecule has 1 heterocycles. The summed E-state index contributed by atoms with van der Waals surface area (Å²) in [6.07, 6.45) is 2.88. The van der Waals surface area contributed by atoms with Crippen molar-refractivity contribution in [2.24, 2.45) is 0 Å². The van der Waals surface area contributed by atoms with Crippen molar-refractivity contribution in [3.63, 3.8) is 0 Å². The number of rotatable bonds is 4. The van der Waals surface area contributed by atoms with Gasteiger partial charge in [0.2, 0.25) is 5.91 Å². The first-order valence-electron chi connectivity index (χ1n) is 5.95. The number of halogens is 1. The molecule has 1 aromatic carbocycles. The minimum Gasteiger partial charge on any atom is -0.322 e. The third-order valence-corrected chi connectivity index (χ3v) is 3.88. The third kappa shape index (κ3) is 4.14. The number of benzene rings is 1. The number of hydrogen-bond donors (Lipinski definition) is 1. The van der Waals surface area contributed by atoms with Crippen LogP contribution in [-0.2, 0) is 4.79 Å². The average molecular weight is 323 g/mol. The zero-order chi connectivity index (χ0) is 15.4. The maximum absolute atomic E-state index is 11.8. The fraction of sp³-hybridized carbons (Fsp3) is 0.0714. The summed E-state index contributed by atoms with van der Waals surface area (Å²) in [7, 11) is 0. The molecule has 0 aliphatic carbocycles. The number of hydrogen-bond acceptors (Lipinski definition) is 4. The monoisotopic (exact) mass is 322 g/mol. The molecule has 7 heteroatoms. The molecule has 1 aromatic heterocycles. The van der Waals surface area contributed by atoms with Gasteiger partial charge < -0.3 is 5.32 Å². The van der Waals surface area contributed by atoms with Crippen LogP contribution in [0.4, 0.5) is 10.7 Å². The van der Waals surface area contributed by atoms with E-state index in [2.05, 4.69) is 5.32 Å². The first-order chi connectivity index (χ1) is 9.95. The molecule has 0 saturated heterocycles. The third-order valence-electron chi connectivity index (χ3n) is 2.64. The van der Waals surface area contributed by atoms with Crippen molar-refractivity contribution < 1.29 is 9.72 Å². The molecule has 0 aliphatic heterocycles. The molecular weight excluding hydrogens is 312 g/mol. The molecule has 1 amide bonds. The number of anilines is 1. The standard InChI is InChI=1S/C14H11ClN2O3S/c1-9-8-10(15)2-5-12(9)16-13(18)6-3-11-4-7-14(21-11)17(19)20/h2-8H,1H3,(H,16,18)/b6-3+. The van der Waals surface area contributed by atoms with Crippen LogP contribution in [0.1, 0.15) is 10.4 Å². The molecule has 0 unspecified atom stereocenters. The first-order valence-corrected chi connectivity index (χ1v) is 7.14. The van der Waals surface area contributed by atoms with Gasteiger partial charge in [0.1, 0.15) is 0 Å². The van der Waals surface area contributed by atoms with Crippen LogP contribution in [0, 0.1) is 17.0 Å². The fourth-order valence-electron chi connectivity index (χ4n) is 1.63. The van der Waals surface area contributed by atoms with E-state index in [0.29, 0.717) is 15.6 Å². The van der Waals surface area contributed by atoms with Crippen molar-refractivity contribution in [3.05, 3.63) is 62.0 Å². The van der Waals surface area contributed by atoms with Crippen LogP contribution >= 0.6 is 22.9 Å². The zero-order valence-corrected chi connectivity index (χ0v) is 12.6. The van der Waals surface area contributed by atoms with Crippen LogP contribution in [0.3, 0.4) is 0 Å². The normalized spacial score (nSPS) is 10.8. The van der Waals surface area contributed by atoms with Gasteiger partial charge in [-0.3, -0.25) is 14.9 Å². The number of nitrogens with one attached hydrogen (secondary N) is 1. The van der Waals surface area contributed by atoms with Crippen molar-refractivity contribution in [1.82, 2.24) is 0 Å². The van der Waals surface area contributed by atoms with Crippen molar-refractivity contribution in [2.75, 3.05) is 5.32 Å². The molecule has 0 bridgehead atoms. The van der Waals surface area contributed by atoms with E-state index < -0.39 is 4.92 Å². The van der Waals surface area contributed by atoms with Crippen molar-refractivity contribution in [2.45, 2.75) is 6.92 Å². The molecule has 0 atom stereocenters. The van der Waals surface area contributed by atoms with Gasteiger partial charge in [-0.1, -0.05) is 22.9 Å². The van der Waals surface area contributed by atoms with E-state index in [-0.39, 0.29) is 10.9 Å². The molecule has 2 rings (SSSR count). The molecule has 5 nitrogen and oxygen atoms in total. The molecular formula is C14H11ClN2O3S. The summed E-state index contributed by atoms with van der Waals surface area (Å²) in [6, 6.07) is 8.17. The molecule has 0 aliphatic rings. The number of amides is 1. The Bertz CT molecular complexity index is 725. The lowest BCUT2D eigenvalue weighted by Gasteiger charge is -2.06. The van der Waals surface area contributed by atoms with Crippen LogP contribution in [0.2, 0.25) is 5.02 Å². The Morgan fingerprint density at radius 3 is 2.76 bits per heavy atom. The predicted octanol–water partition coefficient (Wildman–Crippen LogP) is 4.27. The smallest absolute Gasteiger partial charge is 0.322 e. The highest BCUT2D eigenvalue weighted by molar-refractivity contribution is 7.16. The summed E-state index contributed by atoms with van der Waals surface area (Å²) in [5.74, 6) is -0.309. The SMILES string of the molecule is Cc1cc(Cl)ccc1NC(=O)/C=C/c1ccc([N+](=O)[O-])s1. The van der Waals surface area contributed by atoms with Gasteiger partial charge in [-0.05, 0) is 42.8 Å². The number of carbonyl (C=O) groups excluding carboxylic acids is 1. The molecule has 0 radical (unpaired) electrons. The van der Waals surface area contributed by atoms with Crippen molar-refractivity contribution in [3.8, 4) is 0 Å². The molecule has 0 fully saturated rings. The van der Waals surface area contributed by atoms with E-state index in [1.165, 1.54) is 18.2 Å². The Morgan fingerprint density at radius 2 is 2.14 bits per heavy atom. The summed E-state index contributed by atoms with van der Waals surface area (Å²) >= 11 is 6.85. The van der Waals surface area contributed by atoms with Crippen molar-refractivity contribution in [1.29, 1.82) is 0 Å². The Hall–Kier alpha value is -2.18. The largest absolute Gasteiger partial charge is 0.324 e. The van der Waals surface area contributed by atoms with Gasteiger partial charge in [-0.15, -0.1) is 0 Å². The van der Waals surface area contributed by atoms with Gasteiger partial charge in [-0.25, -0.2) is 0 Å². The number of nitro groups is 1. The Morgan fingerprint density at radius 1 is 1.38 bits per heavy atom. The van der Waals surface area contributed by atoms with Crippen LogP contribution in [-0.4, -0.2) is 10.8 Å². The average Bonchev–Trinajstić information content (AvgIpc) is 2.89. The van der Waals surface area contributed by atoms with Gasteiger partial charge >= 0.3 is 5.00 Å². The second kappa shape index (κ2) is 6.51. The van der Waals surface area contributed by atoms with Gasteiger partial charge in [0.05, 0.1) is 4.92 Å². The number of aryl methyl sites for hydroxylation is 1. The molecule has 21 heavy (non-hydrogen) atoms. The minimum absolute atomic E-state index is 0.0450. The Balaban J connectivity index is 2.03. The first kappa shape index (κ1) is 15.2. The summed E-state index contributed by atoms with van der Waals surface area (Å²) < 4.78 is 0. The summed E-state index contributed by atoms with van der Waals surface area (Å²) in [6.45, 7) is 1.84. The van der Waals surface area contributed by atoms with Crippen molar-refractivity contribution >= 4 is 45.6 Å². The fourth-order valence-corrected chi connectivity index (χ4v) is 2.58. The quantitative estimate of drug-likeness (QED) is 0.519. The highest BCUT2D eigenvalue weighted by Gasteiger charge is 2.08. The van der Waals surface area contributed by atoms with Gasteiger partial charge in [0.25, 0.3) is 0 Å². The summed E-state index contributed by atoms with van der Waals surface area (Å²) in [5, 5.41) is 13.9. The maximum atomic E-state index is 11.8. The molecule has 108 valence electrons. The number of carbonyl (C=O) groups is 1. The summed E-state index contributed by atoms with van der Waals surface area (Å²) in [5.41, 5.74) is 1.53. The van der Waals surface area contributed by atoms with Gasteiger partial charge in [-0.2, -0.15) is 0 Å². The molecule has 1 N–H and O–H groups in total. The van der Waals surface area contributed by atoms with Crippen LogP contribution in [0.25, 0.3) is 6.08 Å². The highest BCUT2D eigenvalue weighted by Crippen LogP contribution is 2.25. The van der Waals surface area contributed by atoms with E-state index >= 15 is 0 Å². The molecule has 2 aromatic rings. The Kier molecular flexibility index (Phi) is 4.72. The van der Waals surface area contributed by atoms with E-state index in [4.69, 9.17) is 11.6 Å². The highest BCUT2D eigenvalue weighted by atomic mass is 35.5. The zero-order valence-electron chi connectivity index (χ0n) is 11.0. The molecule has 0 spiro atoms. The topological polar surface area (TPSA) is 72.2 Å². The predicted molar refractivity (Wildman–Crippen MR) is 84.8 cm³/mol. The maximum Gasteiger partial charge on any atom is 0.324 e. The van der Waals surface area contributed by atoms with E-state index in [9.17, 15) is 14.9 Å². The number of nitrogens with zero attached hydrogens (tertiary/aromatic N) is 1. The van der Waals surface area contributed by atoms with Gasteiger partial charge in [0, 0.05) is 27.7 Å². The summed E-state index contributed by atoms with van der Waals surface area (Å²) in [4.78, 5) is 22.5. The van der Waals surface area contributed by atoms with Crippen LogP contribution < -0.4 is 5.32 Å². The minimum atomic E-state index is -0.459. The Labute approximate surface area is 130 Å². The van der Waals surface area contributed by atoms with E-state index in [1.54, 1.807) is 24.3 Å². The van der Waals surface area contributed by atoms with Crippen LogP contribution in [0.5, 0.6) is 0 Å². The lowest BCUT2D eigenvalue weighted by atomic mass is 10.2. The van der Waals surface area contributed by atoms with Gasteiger partial charge in [0.15, 0.2) is 0 Å².